The molecule has 0 bridgehead atoms. The van der Waals surface area contributed by atoms with E-state index in [4.69, 9.17) is 4.74 Å². The summed E-state index contributed by atoms with van der Waals surface area (Å²) in [6.07, 6.45) is 4.08. The van der Waals surface area contributed by atoms with E-state index in [1.54, 1.807) is 24.4 Å². The van der Waals surface area contributed by atoms with Gasteiger partial charge in [0.25, 0.3) is 5.69 Å². The van der Waals surface area contributed by atoms with Gasteiger partial charge in [-0.15, -0.1) is 0 Å². The van der Waals surface area contributed by atoms with Crippen LogP contribution in [-0.4, -0.2) is 60.7 Å². The molecule has 138 valence electrons. The summed E-state index contributed by atoms with van der Waals surface area (Å²) in [4.78, 5) is 20.3. The first-order valence-corrected chi connectivity index (χ1v) is 9.29. The second-order valence-electron chi connectivity index (χ2n) is 7.13. The fourth-order valence-electron chi connectivity index (χ4n) is 4.14. The van der Waals surface area contributed by atoms with Gasteiger partial charge in [0.2, 0.25) is 0 Å². The van der Waals surface area contributed by atoms with E-state index in [1.807, 2.05) is 6.07 Å². The second-order valence-corrected chi connectivity index (χ2v) is 7.13. The van der Waals surface area contributed by atoms with E-state index in [0.29, 0.717) is 11.3 Å². The molecule has 0 saturated carbocycles. The first kappa shape index (κ1) is 17.2. The highest BCUT2D eigenvalue weighted by Gasteiger charge is 2.25. The number of pyridine rings is 1. The number of hydrogen-bond donors (Lipinski definition) is 0. The number of hydrogen-bond acceptors (Lipinski definition) is 6. The highest BCUT2D eigenvalue weighted by Crippen LogP contribution is 2.34. The smallest absolute Gasteiger partial charge is 0.278 e. The monoisotopic (exact) mass is 356 g/mol. The Morgan fingerprint density at radius 3 is 2.88 bits per heavy atom. The Hall–Kier alpha value is -2.25. The van der Waals surface area contributed by atoms with Crippen LogP contribution in [0.15, 0.2) is 30.5 Å². The summed E-state index contributed by atoms with van der Waals surface area (Å²) in [7, 11) is 0. The van der Waals surface area contributed by atoms with Crippen molar-refractivity contribution in [3.05, 3.63) is 40.6 Å². The number of benzene rings is 1. The van der Waals surface area contributed by atoms with Crippen LogP contribution in [0.1, 0.15) is 12.8 Å². The molecule has 3 heterocycles. The predicted octanol–water partition coefficient (Wildman–Crippen LogP) is 2.69. The van der Waals surface area contributed by atoms with Gasteiger partial charge in [0.05, 0.1) is 29.2 Å². The first-order chi connectivity index (χ1) is 12.7. The number of nitro benzene ring substituents is 1. The van der Waals surface area contributed by atoms with E-state index in [0.717, 1.165) is 63.6 Å². The Morgan fingerprint density at radius 2 is 2.08 bits per heavy atom. The lowest BCUT2D eigenvalue weighted by Crippen LogP contribution is -2.44. The van der Waals surface area contributed by atoms with Gasteiger partial charge in [-0.2, -0.15) is 0 Å². The molecule has 2 aliphatic heterocycles. The van der Waals surface area contributed by atoms with Gasteiger partial charge in [0, 0.05) is 45.0 Å². The average Bonchev–Trinajstić information content (AvgIpc) is 2.68. The zero-order valence-corrected chi connectivity index (χ0v) is 14.8. The molecule has 2 saturated heterocycles. The standard InChI is InChI=1S/C19H24N4O3/c24-23(25)17-5-6-18(19-16(17)4-1-7-20-19)22-8-2-3-15(14-22)13-21-9-11-26-12-10-21/h1,4-7,15H,2-3,8-14H2. The SMILES string of the molecule is O=[N+]([O-])c1ccc(N2CCCC(CN3CCOCC3)C2)c2ncccc12. The molecule has 7 heteroatoms. The average molecular weight is 356 g/mol. The van der Waals surface area contributed by atoms with Crippen LogP contribution >= 0.6 is 0 Å². The molecule has 0 N–H and O–H groups in total. The van der Waals surface area contributed by atoms with E-state index >= 15 is 0 Å². The number of anilines is 1. The number of rotatable bonds is 4. The summed E-state index contributed by atoms with van der Waals surface area (Å²) < 4.78 is 5.44. The van der Waals surface area contributed by atoms with E-state index in [1.165, 1.54) is 6.42 Å². The minimum atomic E-state index is -0.328. The third-order valence-corrected chi connectivity index (χ3v) is 5.40. The maximum absolute atomic E-state index is 11.3. The molecule has 7 nitrogen and oxygen atoms in total. The molecule has 1 atom stereocenters. The number of piperidine rings is 1. The lowest BCUT2D eigenvalue weighted by Gasteiger charge is -2.38. The Labute approximate surface area is 152 Å². The normalized spacial score (nSPS) is 21.8. The largest absolute Gasteiger partial charge is 0.379 e. The minimum Gasteiger partial charge on any atom is -0.379 e. The van der Waals surface area contributed by atoms with Crippen molar-refractivity contribution >= 4 is 22.3 Å². The second kappa shape index (κ2) is 7.55. The summed E-state index contributed by atoms with van der Waals surface area (Å²) in [6.45, 7) is 6.72. The molecule has 4 rings (SSSR count). The van der Waals surface area contributed by atoms with Crippen molar-refractivity contribution in [3.63, 3.8) is 0 Å². The fourth-order valence-corrected chi connectivity index (χ4v) is 4.14. The van der Waals surface area contributed by atoms with Gasteiger partial charge in [-0.3, -0.25) is 20.0 Å². The maximum atomic E-state index is 11.3. The molecule has 26 heavy (non-hydrogen) atoms. The molecule has 2 aromatic rings. The molecule has 1 unspecified atom stereocenters. The molecular formula is C19H24N4O3. The topological polar surface area (TPSA) is 71.7 Å². The number of ether oxygens (including phenoxy) is 1. The van der Waals surface area contributed by atoms with Crippen LogP contribution in [0.2, 0.25) is 0 Å². The molecule has 1 aromatic heterocycles. The van der Waals surface area contributed by atoms with Crippen LogP contribution in [0.3, 0.4) is 0 Å². The van der Waals surface area contributed by atoms with Gasteiger partial charge in [-0.05, 0) is 37.0 Å². The van der Waals surface area contributed by atoms with Crippen molar-refractivity contribution in [1.82, 2.24) is 9.88 Å². The van der Waals surface area contributed by atoms with Crippen molar-refractivity contribution in [2.75, 3.05) is 50.8 Å². The van der Waals surface area contributed by atoms with Gasteiger partial charge >= 0.3 is 0 Å². The molecule has 0 amide bonds. The number of morpholine rings is 1. The summed E-state index contributed by atoms with van der Waals surface area (Å²) in [5, 5.41) is 11.9. The molecule has 0 radical (unpaired) electrons. The van der Waals surface area contributed by atoms with Crippen molar-refractivity contribution in [2.24, 2.45) is 5.92 Å². The molecule has 2 aliphatic rings. The lowest BCUT2D eigenvalue weighted by atomic mass is 9.96. The van der Waals surface area contributed by atoms with Crippen molar-refractivity contribution in [1.29, 1.82) is 0 Å². The van der Waals surface area contributed by atoms with Crippen LogP contribution < -0.4 is 4.90 Å². The maximum Gasteiger partial charge on any atom is 0.278 e. The lowest BCUT2D eigenvalue weighted by molar-refractivity contribution is -0.383. The van der Waals surface area contributed by atoms with Gasteiger partial charge < -0.3 is 9.64 Å². The Kier molecular flexibility index (Phi) is 4.99. The molecule has 0 spiro atoms. The highest BCUT2D eigenvalue weighted by molar-refractivity contribution is 5.97. The van der Waals surface area contributed by atoms with Gasteiger partial charge in [0.1, 0.15) is 5.52 Å². The van der Waals surface area contributed by atoms with Crippen LogP contribution in [0.4, 0.5) is 11.4 Å². The summed E-state index contributed by atoms with van der Waals surface area (Å²) in [5.74, 6) is 0.607. The zero-order valence-electron chi connectivity index (χ0n) is 14.8. The van der Waals surface area contributed by atoms with E-state index in [2.05, 4.69) is 14.8 Å². The van der Waals surface area contributed by atoms with Crippen LogP contribution in [0, 0.1) is 16.0 Å². The van der Waals surface area contributed by atoms with E-state index < -0.39 is 0 Å². The van der Waals surface area contributed by atoms with Crippen molar-refractivity contribution in [2.45, 2.75) is 12.8 Å². The number of nitrogens with zero attached hydrogens (tertiary/aromatic N) is 4. The van der Waals surface area contributed by atoms with Crippen molar-refractivity contribution < 1.29 is 9.66 Å². The van der Waals surface area contributed by atoms with Crippen molar-refractivity contribution in [3.8, 4) is 0 Å². The quantitative estimate of drug-likeness (QED) is 0.620. The predicted molar refractivity (Wildman–Crippen MR) is 101 cm³/mol. The van der Waals surface area contributed by atoms with Gasteiger partial charge in [0.15, 0.2) is 0 Å². The molecule has 2 fully saturated rings. The Morgan fingerprint density at radius 1 is 1.23 bits per heavy atom. The number of fused-ring (bicyclic) bond motifs is 1. The summed E-state index contributed by atoms with van der Waals surface area (Å²) in [5.41, 5.74) is 1.87. The third-order valence-electron chi connectivity index (χ3n) is 5.40. The number of aromatic nitrogens is 1. The summed E-state index contributed by atoms with van der Waals surface area (Å²) >= 11 is 0. The van der Waals surface area contributed by atoms with Crippen LogP contribution in [0.5, 0.6) is 0 Å². The van der Waals surface area contributed by atoms with Gasteiger partial charge in [-0.25, -0.2) is 0 Å². The summed E-state index contributed by atoms with van der Waals surface area (Å²) in [6, 6.07) is 7.03. The van der Waals surface area contributed by atoms with E-state index in [-0.39, 0.29) is 10.6 Å². The third kappa shape index (κ3) is 3.50. The minimum absolute atomic E-state index is 0.124. The van der Waals surface area contributed by atoms with Crippen LogP contribution in [0.25, 0.3) is 10.9 Å². The molecule has 1 aromatic carbocycles. The molecule has 0 aliphatic carbocycles. The molecular weight excluding hydrogens is 332 g/mol. The highest BCUT2D eigenvalue weighted by atomic mass is 16.6. The number of non-ortho nitro benzene ring substituents is 1. The fraction of sp³-hybridized carbons (Fsp3) is 0.526. The number of nitro groups is 1. The Balaban J connectivity index is 1.57. The zero-order chi connectivity index (χ0) is 17.9. The Bertz CT molecular complexity index is 791. The van der Waals surface area contributed by atoms with Crippen LogP contribution in [-0.2, 0) is 4.74 Å². The van der Waals surface area contributed by atoms with E-state index in [9.17, 15) is 10.1 Å². The van der Waals surface area contributed by atoms with Gasteiger partial charge in [-0.1, -0.05) is 0 Å². The first-order valence-electron chi connectivity index (χ1n) is 9.29.